The molecule has 22 heavy (non-hydrogen) atoms. The Balaban J connectivity index is 1.56. The summed E-state index contributed by atoms with van der Waals surface area (Å²) in [7, 11) is 0. The van der Waals surface area contributed by atoms with Crippen LogP contribution in [-0.4, -0.2) is 15.9 Å². The van der Waals surface area contributed by atoms with E-state index in [9.17, 15) is 4.79 Å². The molecule has 0 bridgehead atoms. The standard InChI is InChI=1S/C17H15N3OS/c21-17(10-14-4-3-9-22-14)20-12-13-6-7-16(19-11-13)15-5-1-2-8-18-15/h1-9,11H,10,12H2,(H,20,21). The van der Waals surface area contributed by atoms with Gasteiger partial charge in [-0.25, -0.2) is 0 Å². The molecule has 3 aromatic rings. The minimum Gasteiger partial charge on any atom is -0.352 e. The number of thiophene rings is 1. The summed E-state index contributed by atoms with van der Waals surface area (Å²) in [6, 6.07) is 13.5. The maximum absolute atomic E-state index is 11.8. The highest BCUT2D eigenvalue weighted by atomic mass is 32.1. The average molecular weight is 309 g/mol. The number of carbonyl (C=O) groups is 1. The normalized spacial score (nSPS) is 10.4. The smallest absolute Gasteiger partial charge is 0.225 e. The molecule has 4 nitrogen and oxygen atoms in total. The molecule has 3 rings (SSSR count). The molecule has 1 amide bonds. The van der Waals surface area contributed by atoms with Crippen LogP contribution >= 0.6 is 11.3 Å². The van der Waals surface area contributed by atoms with Gasteiger partial charge in [-0.3, -0.25) is 14.8 Å². The van der Waals surface area contributed by atoms with Gasteiger partial charge >= 0.3 is 0 Å². The van der Waals surface area contributed by atoms with Crippen LogP contribution in [0.1, 0.15) is 10.4 Å². The zero-order valence-electron chi connectivity index (χ0n) is 11.9. The predicted octanol–water partition coefficient (Wildman–Crippen LogP) is 3.06. The molecule has 0 unspecified atom stereocenters. The van der Waals surface area contributed by atoms with Crippen molar-refractivity contribution in [1.29, 1.82) is 0 Å². The molecule has 0 spiro atoms. The van der Waals surface area contributed by atoms with Crippen LogP contribution in [0.4, 0.5) is 0 Å². The van der Waals surface area contributed by atoms with E-state index in [1.807, 2.05) is 47.8 Å². The van der Waals surface area contributed by atoms with Gasteiger partial charge < -0.3 is 5.32 Å². The SMILES string of the molecule is O=C(Cc1cccs1)NCc1ccc(-c2ccccn2)nc1. The molecular weight excluding hydrogens is 294 g/mol. The Morgan fingerprint density at radius 2 is 1.95 bits per heavy atom. The number of carbonyl (C=O) groups excluding carboxylic acids is 1. The van der Waals surface area contributed by atoms with Crippen molar-refractivity contribution in [1.82, 2.24) is 15.3 Å². The van der Waals surface area contributed by atoms with Crippen LogP contribution in [0.15, 0.2) is 60.2 Å². The number of pyridine rings is 2. The lowest BCUT2D eigenvalue weighted by Gasteiger charge is -2.05. The predicted molar refractivity (Wildman–Crippen MR) is 87.3 cm³/mol. The third-order valence-corrected chi connectivity index (χ3v) is 4.03. The Morgan fingerprint density at radius 3 is 2.64 bits per heavy atom. The number of aromatic nitrogens is 2. The first kappa shape index (κ1) is 14.4. The van der Waals surface area contributed by atoms with Crippen LogP contribution < -0.4 is 5.32 Å². The number of hydrogen-bond acceptors (Lipinski definition) is 4. The highest BCUT2D eigenvalue weighted by Crippen LogP contribution is 2.13. The minimum absolute atomic E-state index is 0.0243. The monoisotopic (exact) mass is 309 g/mol. The lowest BCUT2D eigenvalue weighted by molar-refractivity contribution is -0.120. The molecule has 0 aromatic carbocycles. The van der Waals surface area contributed by atoms with Gasteiger partial charge in [-0.05, 0) is 35.2 Å². The molecule has 0 atom stereocenters. The van der Waals surface area contributed by atoms with Crippen LogP contribution in [0.25, 0.3) is 11.4 Å². The Bertz CT molecular complexity index is 724. The summed E-state index contributed by atoms with van der Waals surface area (Å²) >= 11 is 1.59. The quantitative estimate of drug-likeness (QED) is 0.788. The van der Waals surface area contributed by atoms with Gasteiger partial charge in [0.15, 0.2) is 0 Å². The number of nitrogens with zero attached hydrogens (tertiary/aromatic N) is 2. The first-order valence-electron chi connectivity index (χ1n) is 6.97. The highest BCUT2D eigenvalue weighted by Gasteiger charge is 2.05. The largest absolute Gasteiger partial charge is 0.352 e. The van der Waals surface area contributed by atoms with Crippen molar-refractivity contribution in [2.75, 3.05) is 0 Å². The van der Waals surface area contributed by atoms with Gasteiger partial charge in [0.25, 0.3) is 0 Å². The van der Waals surface area contributed by atoms with Crippen molar-refractivity contribution >= 4 is 17.2 Å². The maximum atomic E-state index is 11.8. The van der Waals surface area contributed by atoms with Crippen LogP contribution in [0, 0.1) is 0 Å². The van der Waals surface area contributed by atoms with Crippen molar-refractivity contribution < 1.29 is 4.79 Å². The molecule has 0 radical (unpaired) electrons. The Hall–Kier alpha value is -2.53. The Labute approximate surface area is 132 Å². The van der Waals surface area contributed by atoms with E-state index >= 15 is 0 Å². The van der Waals surface area contributed by atoms with E-state index in [1.54, 1.807) is 23.7 Å². The molecule has 0 aliphatic carbocycles. The molecule has 0 aliphatic rings. The zero-order valence-corrected chi connectivity index (χ0v) is 12.7. The first-order valence-corrected chi connectivity index (χ1v) is 7.84. The summed E-state index contributed by atoms with van der Waals surface area (Å²) in [4.78, 5) is 21.6. The first-order chi connectivity index (χ1) is 10.8. The number of hydrogen-bond donors (Lipinski definition) is 1. The topological polar surface area (TPSA) is 54.9 Å². The van der Waals surface area contributed by atoms with Gasteiger partial charge in [-0.2, -0.15) is 0 Å². The van der Waals surface area contributed by atoms with Crippen LogP contribution in [-0.2, 0) is 17.8 Å². The van der Waals surface area contributed by atoms with Gasteiger partial charge in [-0.15, -0.1) is 11.3 Å². The summed E-state index contributed by atoms with van der Waals surface area (Å²) in [5.41, 5.74) is 2.64. The minimum atomic E-state index is 0.0243. The third-order valence-electron chi connectivity index (χ3n) is 3.16. The van der Waals surface area contributed by atoms with E-state index in [4.69, 9.17) is 0 Å². The molecule has 0 fully saturated rings. The van der Waals surface area contributed by atoms with Gasteiger partial charge in [0.2, 0.25) is 5.91 Å². The van der Waals surface area contributed by atoms with Crippen molar-refractivity contribution in [3.05, 3.63) is 70.7 Å². The molecule has 0 aliphatic heterocycles. The fourth-order valence-electron chi connectivity index (χ4n) is 2.03. The van der Waals surface area contributed by atoms with Crippen LogP contribution in [0.2, 0.25) is 0 Å². The van der Waals surface area contributed by atoms with E-state index in [0.717, 1.165) is 21.8 Å². The van der Waals surface area contributed by atoms with Gasteiger partial charge in [-0.1, -0.05) is 18.2 Å². The van der Waals surface area contributed by atoms with E-state index in [2.05, 4.69) is 15.3 Å². The number of amides is 1. The fourth-order valence-corrected chi connectivity index (χ4v) is 2.73. The van der Waals surface area contributed by atoms with Crippen LogP contribution in [0.3, 0.4) is 0 Å². The van der Waals surface area contributed by atoms with Gasteiger partial charge in [0.05, 0.1) is 17.8 Å². The highest BCUT2D eigenvalue weighted by molar-refractivity contribution is 7.10. The molecule has 5 heteroatoms. The van der Waals surface area contributed by atoms with Crippen molar-refractivity contribution in [3.63, 3.8) is 0 Å². The fraction of sp³-hybridized carbons (Fsp3) is 0.118. The summed E-state index contributed by atoms with van der Waals surface area (Å²) in [5, 5.41) is 4.88. The second-order valence-corrected chi connectivity index (χ2v) is 5.83. The van der Waals surface area contributed by atoms with Crippen molar-refractivity contribution in [3.8, 4) is 11.4 Å². The molecule has 110 valence electrons. The molecule has 3 aromatic heterocycles. The Morgan fingerprint density at radius 1 is 1.05 bits per heavy atom. The maximum Gasteiger partial charge on any atom is 0.225 e. The average Bonchev–Trinajstić information content (AvgIpc) is 3.07. The van der Waals surface area contributed by atoms with E-state index in [0.29, 0.717) is 13.0 Å². The lowest BCUT2D eigenvalue weighted by atomic mass is 10.2. The van der Waals surface area contributed by atoms with Crippen LogP contribution in [0.5, 0.6) is 0 Å². The van der Waals surface area contributed by atoms with E-state index in [1.165, 1.54) is 0 Å². The van der Waals surface area contributed by atoms with Gasteiger partial charge in [0, 0.05) is 23.8 Å². The third kappa shape index (κ3) is 3.77. The second-order valence-electron chi connectivity index (χ2n) is 4.80. The molecule has 0 saturated heterocycles. The summed E-state index contributed by atoms with van der Waals surface area (Å²) in [6.45, 7) is 0.486. The summed E-state index contributed by atoms with van der Waals surface area (Å²) in [5.74, 6) is 0.0243. The summed E-state index contributed by atoms with van der Waals surface area (Å²) < 4.78 is 0. The zero-order chi connectivity index (χ0) is 15.2. The van der Waals surface area contributed by atoms with Gasteiger partial charge in [0.1, 0.15) is 0 Å². The molecule has 3 heterocycles. The van der Waals surface area contributed by atoms with Crippen molar-refractivity contribution in [2.24, 2.45) is 0 Å². The molecular formula is C17H15N3OS. The molecule has 1 N–H and O–H groups in total. The number of nitrogens with one attached hydrogen (secondary N) is 1. The van der Waals surface area contributed by atoms with E-state index < -0.39 is 0 Å². The Kier molecular flexibility index (Phi) is 4.56. The van der Waals surface area contributed by atoms with Crippen molar-refractivity contribution in [2.45, 2.75) is 13.0 Å². The summed E-state index contributed by atoms with van der Waals surface area (Å²) in [6.07, 6.45) is 3.95. The lowest BCUT2D eigenvalue weighted by Crippen LogP contribution is -2.24. The number of rotatable bonds is 5. The van der Waals surface area contributed by atoms with E-state index in [-0.39, 0.29) is 5.91 Å². The molecule has 0 saturated carbocycles. The second kappa shape index (κ2) is 6.95.